The fourth-order valence-electron chi connectivity index (χ4n) is 4.31. The summed E-state index contributed by atoms with van der Waals surface area (Å²) in [6, 6.07) is 22.7. The van der Waals surface area contributed by atoms with Crippen molar-refractivity contribution in [2.45, 2.75) is 18.9 Å². The molecule has 1 N–H and O–H groups in total. The predicted octanol–water partition coefficient (Wildman–Crippen LogP) is 4.60. The summed E-state index contributed by atoms with van der Waals surface area (Å²) in [5.74, 6) is -0.346. The molecule has 1 aliphatic rings. The number of anilines is 1. The summed E-state index contributed by atoms with van der Waals surface area (Å²) >= 11 is 1.10. The maximum Gasteiger partial charge on any atom is 0.254 e. The highest BCUT2D eigenvalue weighted by Crippen LogP contribution is 2.26. The van der Waals surface area contributed by atoms with E-state index in [4.69, 9.17) is 4.84 Å². The minimum absolute atomic E-state index is 0.129. The average molecular weight is 486 g/mol. The number of rotatable bonds is 6. The minimum atomic E-state index is -0.335. The molecule has 3 aromatic carbocycles. The van der Waals surface area contributed by atoms with E-state index in [9.17, 15) is 9.59 Å². The molecule has 0 saturated carbocycles. The zero-order valence-electron chi connectivity index (χ0n) is 19.0. The standard InChI is InChI=1S/C26H23N5O3S/c1-34-28-20-14-21(15-24(32)27-22-8-5-9-23-25(22)30-35-29-23)31(16-20)26(33)19-12-10-18(11-13-19)17-6-3-2-4-7-17/h2-13,21H,14-16H2,1H3,(H,27,32)/t21-/m0/s1. The molecule has 0 bridgehead atoms. The van der Waals surface area contributed by atoms with Gasteiger partial charge in [-0.1, -0.05) is 53.7 Å². The molecule has 1 fully saturated rings. The van der Waals surface area contributed by atoms with Crippen molar-refractivity contribution in [2.75, 3.05) is 19.0 Å². The van der Waals surface area contributed by atoms with Gasteiger partial charge in [0.1, 0.15) is 18.1 Å². The Balaban J connectivity index is 1.33. The first-order chi connectivity index (χ1) is 17.1. The molecular weight excluding hydrogens is 462 g/mol. The largest absolute Gasteiger partial charge is 0.399 e. The predicted molar refractivity (Wildman–Crippen MR) is 136 cm³/mol. The SMILES string of the molecule is CON=C1C[C@@H](CC(=O)Nc2cccc3nsnc23)N(C(=O)c2ccc(-c3ccccc3)cc2)C1. The second-order valence-electron chi connectivity index (χ2n) is 8.26. The number of oxime groups is 1. The van der Waals surface area contributed by atoms with Gasteiger partial charge in [-0.25, -0.2) is 0 Å². The van der Waals surface area contributed by atoms with Gasteiger partial charge >= 0.3 is 0 Å². The van der Waals surface area contributed by atoms with Crippen LogP contribution in [0.1, 0.15) is 23.2 Å². The van der Waals surface area contributed by atoms with Crippen molar-refractivity contribution in [2.24, 2.45) is 5.16 Å². The third-order valence-corrected chi connectivity index (χ3v) is 6.51. The monoisotopic (exact) mass is 485 g/mol. The lowest BCUT2D eigenvalue weighted by Crippen LogP contribution is -2.38. The summed E-state index contributed by atoms with van der Waals surface area (Å²) in [5, 5.41) is 6.98. The summed E-state index contributed by atoms with van der Waals surface area (Å²) in [5.41, 5.74) is 5.41. The van der Waals surface area contributed by atoms with Crippen molar-refractivity contribution < 1.29 is 14.4 Å². The molecule has 2 amide bonds. The summed E-state index contributed by atoms with van der Waals surface area (Å²) in [4.78, 5) is 33.0. The van der Waals surface area contributed by atoms with Gasteiger partial charge in [0.05, 0.1) is 29.7 Å². The first-order valence-electron chi connectivity index (χ1n) is 11.2. The molecular formula is C26H23N5O3S. The molecule has 9 heteroatoms. The van der Waals surface area contributed by atoms with Gasteiger partial charge in [-0.05, 0) is 35.4 Å². The number of hydrogen-bond acceptors (Lipinski definition) is 7. The molecule has 0 radical (unpaired) electrons. The Kier molecular flexibility index (Phi) is 6.49. The van der Waals surface area contributed by atoms with E-state index in [2.05, 4.69) is 19.2 Å². The van der Waals surface area contributed by atoms with Gasteiger partial charge in [0.25, 0.3) is 5.91 Å². The lowest BCUT2D eigenvalue weighted by atomic mass is 10.0. The number of nitrogens with zero attached hydrogens (tertiary/aromatic N) is 4. The van der Waals surface area contributed by atoms with Crippen molar-refractivity contribution in [3.8, 4) is 11.1 Å². The zero-order valence-corrected chi connectivity index (χ0v) is 19.9. The molecule has 2 heterocycles. The Labute approximate surface area is 206 Å². The Bertz CT molecular complexity index is 1390. The van der Waals surface area contributed by atoms with E-state index in [1.807, 2.05) is 66.7 Å². The second-order valence-corrected chi connectivity index (χ2v) is 8.79. The number of nitrogens with one attached hydrogen (secondary N) is 1. The van der Waals surface area contributed by atoms with E-state index in [-0.39, 0.29) is 24.3 Å². The maximum absolute atomic E-state index is 13.4. The van der Waals surface area contributed by atoms with Crippen molar-refractivity contribution in [1.29, 1.82) is 0 Å². The number of carbonyl (C=O) groups is 2. The number of benzene rings is 3. The molecule has 0 unspecified atom stereocenters. The Morgan fingerprint density at radius 3 is 2.57 bits per heavy atom. The first kappa shape index (κ1) is 22.7. The van der Waals surface area contributed by atoms with Gasteiger partial charge in [-0.15, -0.1) is 0 Å². The molecule has 8 nitrogen and oxygen atoms in total. The van der Waals surface area contributed by atoms with Gasteiger partial charge in [0.2, 0.25) is 5.91 Å². The van der Waals surface area contributed by atoms with Gasteiger partial charge < -0.3 is 15.1 Å². The third-order valence-electron chi connectivity index (χ3n) is 5.97. The lowest BCUT2D eigenvalue weighted by molar-refractivity contribution is -0.117. The van der Waals surface area contributed by atoms with E-state index in [1.165, 1.54) is 7.11 Å². The van der Waals surface area contributed by atoms with E-state index >= 15 is 0 Å². The van der Waals surface area contributed by atoms with E-state index in [1.54, 1.807) is 11.0 Å². The van der Waals surface area contributed by atoms with Crippen LogP contribution >= 0.6 is 11.7 Å². The number of likely N-dealkylation sites (tertiary alicyclic amines) is 1. The number of fused-ring (bicyclic) bond motifs is 1. The number of carbonyl (C=O) groups excluding carboxylic acids is 2. The summed E-state index contributed by atoms with van der Waals surface area (Å²) in [7, 11) is 1.48. The van der Waals surface area contributed by atoms with Crippen LogP contribution in [0.15, 0.2) is 78.0 Å². The molecule has 35 heavy (non-hydrogen) atoms. The Morgan fingerprint density at radius 2 is 1.80 bits per heavy atom. The van der Waals surface area contributed by atoms with E-state index in [0.29, 0.717) is 29.7 Å². The van der Waals surface area contributed by atoms with Gasteiger partial charge in [-0.2, -0.15) is 8.75 Å². The van der Waals surface area contributed by atoms with Crippen LogP contribution < -0.4 is 5.32 Å². The highest BCUT2D eigenvalue weighted by atomic mass is 32.1. The molecule has 1 saturated heterocycles. The van der Waals surface area contributed by atoms with Crippen LogP contribution in [0, 0.1) is 0 Å². The number of aromatic nitrogens is 2. The third kappa shape index (κ3) is 4.90. The molecule has 1 aliphatic heterocycles. The fraction of sp³-hybridized carbons (Fsp3) is 0.192. The van der Waals surface area contributed by atoms with E-state index in [0.717, 1.165) is 34.1 Å². The Morgan fingerprint density at radius 1 is 1.03 bits per heavy atom. The first-order valence-corrected chi connectivity index (χ1v) is 11.9. The van der Waals surface area contributed by atoms with Gasteiger partial charge in [0.15, 0.2) is 0 Å². The normalized spacial score (nSPS) is 16.5. The number of amides is 2. The van der Waals surface area contributed by atoms with Crippen LogP contribution in [0.2, 0.25) is 0 Å². The van der Waals surface area contributed by atoms with Crippen molar-refractivity contribution in [3.63, 3.8) is 0 Å². The molecule has 5 rings (SSSR count). The summed E-state index contributed by atoms with van der Waals surface area (Å²) < 4.78 is 8.48. The number of hydrogen-bond donors (Lipinski definition) is 1. The highest BCUT2D eigenvalue weighted by molar-refractivity contribution is 7.00. The van der Waals surface area contributed by atoms with Crippen molar-refractivity contribution in [3.05, 3.63) is 78.4 Å². The topological polar surface area (TPSA) is 96.8 Å². The molecule has 1 aromatic heterocycles. The molecule has 4 aromatic rings. The van der Waals surface area contributed by atoms with Crippen LogP contribution in [-0.2, 0) is 9.63 Å². The van der Waals surface area contributed by atoms with Crippen LogP contribution in [0.25, 0.3) is 22.2 Å². The van der Waals surface area contributed by atoms with Crippen LogP contribution in [0.3, 0.4) is 0 Å². The zero-order chi connectivity index (χ0) is 24.2. The van der Waals surface area contributed by atoms with E-state index < -0.39 is 0 Å². The van der Waals surface area contributed by atoms with Crippen LogP contribution in [0.4, 0.5) is 5.69 Å². The molecule has 0 spiro atoms. The smallest absolute Gasteiger partial charge is 0.254 e. The Hall–Kier alpha value is -4.11. The minimum Gasteiger partial charge on any atom is -0.399 e. The highest BCUT2D eigenvalue weighted by Gasteiger charge is 2.35. The maximum atomic E-state index is 13.4. The lowest BCUT2D eigenvalue weighted by Gasteiger charge is -2.24. The van der Waals surface area contributed by atoms with Gasteiger partial charge in [0, 0.05) is 24.4 Å². The fourth-order valence-corrected chi connectivity index (χ4v) is 4.86. The summed E-state index contributed by atoms with van der Waals surface area (Å²) in [6.45, 7) is 0.316. The molecule has 1 atom stereocenters. The van der Waals surface area contributed by atoms with Crippen molar-refractivity contribution >= 4 is 46.0 Å². The van der Waals surface area contributed by atoms with Crippen molar-refractivity contribution in [1.82, 2.24) is 13.6 Å². The quantitative estimate of drug-likeness (QED) is 0.403. The molecule has 176 valence electrons. The van der Waals surface area contributed by atoms with Crippen LogP contribution in [-0.4, -0.2) is 50.9 Å². The average Bonchev–Trinajstić information content (AvgIpc) is 3.52. The van der Waals surface area contributed by atoms with Gasteiger partial charge in [-0.3, -0.25) is 9.59 Å². The molecule has 0 aliphatic carbocycles. The summed E-state index contributed by atoms with van der Waals surface area (Å²) in [6.07, 6.45) is 0.599. The van der Waals surface area contributed by atoms with Crippen LogP contribution in [0.5, 0.6) is 0 Å². The second kappa shape index (κ2) is 10.0.